The van der Waals surface area contributed by atoms with Crippen molar-refractivity contribution >= 4 is 11.8 Å². The van der Waals surface area contributed by atoms with Crippen LogP contribution in [0.15, 0.2) is 18.2 Å². The molecule has 0 spiro atoms. The minimum absolute atomic E-state index is 0.0301. The molecule has 0 radical (unpaired) electrons. The number of nitrogen functional groups attached to an aromatic ring is 1. The van der Waals surface area contributed by atoms with Gasteiger partial charge in [-0.25, -0.2) is 4.98 Å². The Balaban J connectivity index is 2.35. The van der Waals surface area contributed by atoms with E-state index in [2.05, 4.69) is 15.3 Å². The summed E-state index contributed by atoms with van der Waals surface area (Å²) in [5, 5.41) is 3.37. The smallest absolute Gasteiger partial charge is 0.222 e. The Morgan fingerprint density at radius 2 is 1.86 bits per heavy atom. The summed E-state index contributed by atoms with van der Waals surface area (Å²) in [6, 6.07) is 5.67. The highest BCUT2D eigenvalue weighted by atomic mass is 16.5. The quantitative estimate of drug-likeness (QED) is 0.883. The number of hydrogen-bond acceptors (Lipinski definition) is 6. The minimum Gasteiger partial charge on any atom is -0.497 e. The third-order valence-corrected chi connectivity index (χ3v) is 3.66. The standard InChI is InChI=1S/C16H22N4O2/c1-9-10(2)19-16(17)20-15(9)18-11(3)13-8-12(21-4)6-7-14(13)22-5/h6-8,11H,1-5H3,(H3,17,18,19,20)/t11-/m0/s1. The van der Waals surface area contributed by atoms with Crippen molar-refractivity contribution in [1.29, 1.82) is 0 Å². The zero-order valence-corrected chi connectivity index (χ0v) is 13.6. The molecule has 2 rings (SSSR count). The molecular formula is C16H22N4O2. The van der Waals surface area contributed by atoms with E-state index in [1.54, 1.807) is 14.2 Å². The maximum absolute atomic E-state index is 5.74. The fourth-order valence-electron chi connectivity index (χ4n) is 2.25. The predicted octanol–water partition coefficient (Wildman–Crippen LogP) is 2.87. The van der Waals surface area contributed by atoms with Crippen molar-refractivity contribution in [3.8, 4) is 11.5 Å². The molecule has 6 nitrogen and oxygen atoms in total. The van der Waals surface area contributed by atoms with E-state index in [1.165, 1.54) is 0 Å². The molecule has 1 aromatic carbocycles. The highest BCUT2D eigenvalue weighted by Gasteiger charge is 2.15. The van der Waals surface area contributed by atoms with E-state index in [1.807, 2.05) is 39.0 Å². The fraction of sp³-hybridized carbons (Fsp3) is 0.375. The van der Waals surface area contributed by atoms with Gasteiger partial charge in [0, 0.05) is 16.8 Å². The highest BCUT2D eigenvalue weighted by molar-refractivity contribution is 5.52. The Morgan fingerprint density at radius 3 is 2.50 bits per heavy atom. The van der Waals surface area contributed by atoms with Crippen LogP contribution in [0.1, 0.15) is 29.8 Å². The van der Waals surface area contributed by atoms with Crippen LogP contribution in [0.25, 0.3) is 0 Å². The summed E-state index contributed by atoms with van der Waals surface area (Å²) >= 11 is 0. The first-order valence-electron chi connectivity index (χ1n) is 7.05. The van der Waals surface area contributed by atoms with Crippen LogP contribution in [-0.2, 0) is 0 Å². The van der Waals surface area contributed by atoms with Gasteiger partial charge in [-0.05, 0) is 39.0 Å². The summed E-state index contributed by atoms with van der Waals surface area (Å²) in [5.74, 6) is 2.55. The average Bonchev–Trinajstić information content (AvgIpc) is 2.51. The number of nitrogens with zero attached hydrogens (tertiary/aromatic N) is 2. The first-order chi connectivity index (χ1) is 10.5. The van der Waals surface area contributed by atoms with Crippen LogP contribution in [0.3, 0.4) is 0 Å². The first-order valence-corrected chi connectivity index (χ1v) is 7.05. The molecule has 0 saturated heterocycles. The van der Waals surface area contributed by atoms with Gasteiger partial charge in [0.15, 0.2) is 0 Å². The molecule has 22 heavy (non-hydrogen) atoms. The molecule has 0 aliphatic rings. The molecule has 0 fully saturated rings. The highest BCUT2D eigenvalue weighted by Crippen LogP contribution is 2.31. The largest absolute Gasteiger partial charge is 0.497 e. The van der Waals surface area contributed by atoms with Gasteiger partial charge < -0.3 is 20.5 Å². The zero-order chi connectivity index (χ0) is 16.3. The van der Waals surface area contributed by atoms with Gasteiger partial charge in [-0.15, -0.1) is 0 Å². The molecule has 3 N–H and O–H groups in total. The normalized spacial score (nSPS) is 11.9. The molecule has 0 bridgehead atoms. The van der Waals surface area contributed by atoms with Crippen molar-refractivity contribution in [2.45, 2.75) is 26.8 Å². The number of nitrogens with one attached hydrogen (secondary N) is 1. The molecule has 0 unspecified atom stereocenters. The number of aromatic nitrogens is 2. The number of hydrogen-bond donors (Lipinski definition) is 2. The molecule has 118 valence electrons. The summed E-state index contributed by atoms with van der Waals surface area (Å²) < 4.78 is 10.7. The van der Waals surface area contributed by atoms with Crippen molar-refractivity contribution < 1.29 is 9.47 Å². The van der Waals surface area contributed by atoms with Crippen molar-refractivity contribution in [2.24, 2.45) is 0 Å². The predicted molar refractivity (Wildman–Crippen MR) is 87.5 cm³/mol. The SMILES string of the molecule is COc1ccc(OC)c([C@H](C)Nc2nc(N)nc(C)c2C)c1. The van der Waals surface area contributed by atoms with E-state index in [0.29, 0.717) is 0 Å². The summed E-state index contributed by atoms with van der Waals surface area (Å²) in [6.45, 7) is 5.91. The van der Waals surface area contributed by atoms with Gasteiger partial charge in [0.25, 0.3) is 0 Å². The summed E-state index contributed by atoms with van der Waals surface area (Å²) in [5.41, 5.74) is 8.56. The minimum atomic E-state index is -0.0301. The van der Waals surface area contributed by atoms with Crippen LogP contribution in [0.5, 0.6) is 11.5 Å². The van der Waals surface area contributed by atoms with Gasteiger partial charge >= 0.3 is 0 Å². The van der Waals surface area contributed by atoms with Gasteiger partial charge in [-0.3, -0.25) is 0 Å². The van der Waals surface area contributed by atoms with E-state index in [9.17, 15) is 0 Å². The number of anilines is 2. The lowest BCUT2D eigenvalue weighted by Gasteiger charge is -2.20. The number of aryl methyl sites for hydroxylation is 1. The summed E-state index contributed by atoms with van der Waals surface area (Å²) in [6.07, 6.45) is 0. The van der Waals surface area contributed by atoms with Crippen LogP contribution < -0.4 is 20.5 Å². The van der Waals surface area contributed by atoms with Crippen LogP contribution in [0, 0.1) is 13.8 Å². The fourth-order valence-corrected chi connectivity index (χ4v) is 2.25. The first kappa shape index (κ1) is 15.9. The molecule has 0 saturated carbocycles. The second-order valence-corrected chi connectivity index (χ2v) is 5.11. The zero-order valence-electron chi connectivity index (χ0n) is 13.6. The third kappa shape index (κ3) is 3.21. The molecule has 1 aromatic heterocycles. The Morgan fingerprint density at radius 1 is 1.14 bits per heavy atom. The van der Waals surface area contributed by atoms with Crippen molar-refractivity contribution in [3.05, 3.63) is 35.0 Å². The maximum Gasteiger partial charge on any atom is 0.222 e. The molecule has 0 amide bonds. The third-order valence-electron chi connectivity index (χ3n) is 3.66. The molecular weight excluding hydrogens is 280 g/mol. The van der Waals surface area contributed by atoms with Crippen LogP contribution in [0.4, 0.5) is 11.8 Å². The molecule has 0 aliphatic carbocycles. The lowest BCUT2D eigenvalue weighted by atomic mass is 10.1. The lowest BCUT2D eigenvalue weighted by molar-refractivity contribution is 0.397. The van der Waals surface area contributed by atoms with Crippen LogP contribution in [0.2, 0.25) is 0 Å². The van der Waals surface area contributed by atoms with Gasteiger partial charge in [0.05, 0.1) is 20.3 Å². The number of nitrogens with two attached hydrogens (primary N) is 1. The Kier molecular flexibility index (Phi) is 4.70. The summed E-state index contributed by atoms with van der Waals surface area (Å²) in [7, 11) is 3.29. The number of benzene rings is 1. The molecule has 2 aromatic rings. The molecule has 6 heteroatoms. The maximum atomic E-state index is 5.74. The van der Waals surface area contributed by atoms with Crippen LogP contribution in [-0.4, -0.2) is 24.2 Å². The second-order valence-electron chi connectivity index (χ2n) is 5.11. The topological polar surface area (TPSA) is 82.3 Å². The number of methoxy groups -OCH3 is 2. The Labute approximate surface area is 130 Å². The Bertz CT molecular complexity index is 673. The van der Waals surface area contributed by atoms with Crippen LogP contribution >= 0.6 is 0 Å². The number of rotatable bonds is 5. The van der Waals surface area contributed by atoms with E-state index in [-0.39, 0.29) is 12.0 Å². The van der Waals surface area contributed by atoms with E-state index in [0.717, 1.165) is 34.1 Å². The summed E-state index contributed by atoms with van der Waals surface area (Å²) in [4.78, 5) is 8.44. The lowest BCUT2D eigenvalue weighted by Crippen LogP contribution is -2.13. The van der Waals surface area contributed by atoms with E-state index >= 15 is 0 Å². The molecule has 0 aliphatic heterocycles. The monoisotopic (exact) mass is 302 g/mol. The van der Waals surface area contributed by atoms with Gasteiger partial charge in [0.1, 0.15) is 17.3 Å². The van der Waals surface area contributed by atoms with Crippen molar-refractivity contribution in [3.63, 3.8) is 0 Å². The molecule has 1 atom stereocenters. The van der Waals surface area contributed by atoms with Gasteiger partial charge in [-0.1, -0.05) is 0 Å². The average molecular weight is 302 g/mol. The van der Waals surface area contributed by atoms with Gasteiger partial charge in [-0.2, -0.15) is 4.98 Å². The van der Waals surface area contributed by atoms with E-state index in [4.69, 9.17) is 15.2 Å². The Hall–Kier alpha value is -2.50. The van der Waals surface area contributed by atoms with Crippen molar-refractivity contribution in [1.82, 2.24) is 9.97 Å². The van der Waals surface area contributed by atoms with Crippen molar-refractivity contribution in [2.75, 3.05) is 25.3 Å². The van der Waals surface area contributed by atoms with Gasteiger partial charge in [0.2, 0.25) is 5.95 Å². The second kappa shape index (κ2) is 6.51. The molecule has 1 heterocycles. The number of ether oxygens (including phenoxy) is 2. The van der Waals surface area contributed by atoms with E-state index < -0.39 is 0 Å².